The van der Waals surface area contributed by atoms with Crippen LogP contribution in [-0.2, 0) is 7.05 Å². The monoisotopic (exact) mass is 407 g/mol. The van der Waals surface area contributed by atoms with Crippen LogP contribution in [0.2, 0.25) is 0 Å². The molecular weight excluding hydrogens is 386 g/mol. The lowest BCUT2D eigenvalue weighted by atomic mass is 10.0. The van der Waals surface area contributed by atoms with E-state index in [4.69, 9.17) is 4.74 Å². The predicted octanol–water partition coefficient (Wildman–Crippen LogP) is 3.71. The number of rotatable bonds is 6. The second kappa shape index (κ2) is 7.92. The third-order valence-electron chi connectivity index (χ3n) is 4.66. The van der Waals surface area contributed by atoms with Crippen LogP contribution in [-0.4, -0.2) is 32.8 Å². The second-order valence-corrected chi connectivity index (χ2v) is 7.91. The van der Waals surface area contributed by atoms with Gasteiger partial charge in [0.15, 0.2) is 5.69 Å². The number of H-pyrrole nitrogens is 1. The van der Waals surface area contributed by atoms with Crippen molar-refractivity contribution in [3.8, 4) is 16.3 Å². The molecule has 0 saturated heterocycles. The molecule has 1 aromatic carbocycles. The molecule has 0 saturated carbocycles. The van der Waals surface area contributed by atoms with Crippen molar-refractivity contribution < 1.29 is 9.53 Å². The molecule has 3 heterocycles. The number of methoxy groups -OCH3 is 1. The van der Waals surface area contributed by atoms with Crippen molar-refractivity contribution in [2.24, 2.45) is 7.05 Å². The molecule has 0 aliphatic heterocycles. The van der Waals surface area contributed by atoms with Crippen LogP contribution in [0.1, 0.15) is 32.8 Å². The number of nitrogens with one attached hydrogen (secondary N) is 2. The molecule has 29 heavy (non-hydrogen) atoms. The zero-order valence-corrected chi connectivity index (χ0v) is 17.2. The van der Waals surface area contributed by atoms with Gasteiger partial charge in [0.25, 0.3) is 5.91 Å². The van der Waals surface area contributed by atoms with E-state index in [2.05, 4.69) is 20.5 Å². The van der Waals surface area contributed by atoms with Gasteiger partial charge in [0.1, 0.15) is 17.6 Å². The number of aromatic amines is 1. The van der Waals surface area contributed by atoms with Crippen LogP contribution in [0.25, 0.3) is 10.6 Å². The average Bonchev–Trinajstić information content (AvgIpc) is 3.47. The van der Waals surface area contributed by atoms with Crippen LogP contribution in [0.5, 0.6) is 5.75 Å². The summed E-state index contributed by atoms with van der Waals surface area (Å²) in [5.74, 6) is 1.09. The van der Waals surface area contributed by atoms with Gasteiger partial charge < -0.3 is 14.6 Å². The summed E-state index contributed by atoms with van der Waals surface area (Å²) in [6.07, 6.45) is 3.55. The van der Waals surface area contributed by atoms with Crippen LogP contribution >= 0.6 is 11.3 Å². The van der Waals surface area contributed by atoms with E-state index < -0.39 is 6.04 Å². The lowest BCUT2D eigenvalue weighted by Crippen LogP contribution is -2.31. The van der Waals surface area contributed by atoms with Crippen molar-refractivity contribution in [3.63, 3.8) is 0 Å². The van der Waals surface area contributed by atoms with Gasteiger partial charge >= 0.3 is 0 Å². The standard InChI is InChI=1S/C21H21N5O2S/c1-13-8-9-18(29-13)15-12-16(25-24-15)21(27)23-19(20-22-10-11-26(20)2)14-6-4-5-7-17(14)28-3/h4-12,19H,1-3H3,(H,23,27)(H,24,25). The minimum atomic E-state index is -0.484. The Morgan fingerprint density at radius 1 is 1.28 bits per heavy atom. The fourth-order valence-corrected chi connectivity index (χ4v) is 4.02. The Hall–Kier alpha value is -3.39. The van der Waals surface area contributed by atoms with E-state index in [1.807, 2.05) is 61.1 Å². The van der Waals surface area contributed by atoms with Gasteiger partial charge in [-0.15, -0.1) is 11.3 Å². The first-order valence-electron chi connectivity index (χ1n) is 9.10. The Labute approximate surface area is 172 Å². The highest BCUT2D eigenvalue weighted by Crippen LogP contribution is 2.30. The number of carbonyl (C=O) groups is 1. The molecule has 1 atom stereocenters. The van der Waals surface area contributed by atoms with Crippen LogP contribution < -0.4 is 10.1 Å². The molecule has 0 aliphatic rings. The molecule has 0 fully saturated rings. The minimum Gasteiger partial charge on any atom is -0.496 e. The van der Waals surface area contributed by atoms with E-state index in [1.165, 1.54) is 4.88 Å². The highest BCUT2D eigenvalue weighted by molar-refractivity contribution is 7.15. The largest absolute Gasteiger partial charge is 0.496 e. The number of imidazole rings is 1. The zero-order valence-electron chi connectivity index (χ0n) is 16.3. The number of para-hydroxylation sites is 1. The number of thiophene rings is 1. The molecule has 0 bridgehead atoms. The fourth-order valence-electron chi connectivity index (χ4n) is 3.19. The van der Waals surface area contributed by atoms with E-state index in [0.29, 0.717) is 17.3 Å². The van der Waals surface area contributed by atoms with Crippen molar-refractivity contribution in [3.05, 3.63) is 76.8 Å². The maximum atomic E-state index is 13.0. The SMILES string of the molecule is COc1ccccc1C(NC(=O)c1cc(-c2ccc(C)s2)[nH]n1)c1nccn1C. The maximum absolute atomic E-state index is 13.0. The number of benzene rings is 1. The lowest BCUT2D eigenvalue weighted by molar-refractivity contribution is 0.0935. The zero-order chi connectivity index (χ0) is 20.4. The smallest absolute Gasteiger partial charge is 0.272 e. The van der Waals surface area contributed by atoms with E-state index in [0.717, 1.165) is 16.1 Å². The predicted molar refractivity (Wildman–Crippen MR) is 112 cm³/mol. The number of hydrogen-bond acceptors (Lipinski definition) is 5. The number of carbonyl (C=O) groups excluding carboxylic acids is 1. The van der Waals surface area contributed by atoms with Gasteiger partial charge in [-0.2, -0.15) is 5.10 Å². The Morgan fingerprint density at radius 3 is 2.79 bits per heavy atom. The van der Waals surface area contributed by atoms with E-state index >= 15 is 0 Å². The third kappa shape index (κ3) is 3.79. The third-order valence-corrected chi connectivity index (χ3v) is 5.69. The Morgan fingerprint density at radius 2 is 2.10 bits per heavy atom. The Bertz CT molecular complexity index is 1140. The van der Waals surface area contributed by atoms with Gasteiger partial charge in [0.2, 0.25) is 0 Å². The first kappa shape index (κ1) is 18.9. The van der Waals surface area contributed by atoms with Gasteiger partial charge in [-0.3, -0.25) is 9.89 Å². The summed E-state index contributed by atoms with van der Waals surface area (Å²) in [6, 6.07) is 12.9. The molecule has 0 aliphatic carbocycles. The number of aryl methyl sites for hydroxylation is 2. The summed E-state index contributed by atoms with van der Waals surface area (Å²) in [4.78, 5) is 19.7. The van der Waals surface area contributed by atoms with Crippen molar-refractivity contribution >= 4 is 17.2 Å². The maximum Gasteiger partial charge on any atom is 0.272 e. The highest BCUT2D eigenvalue weighted by atomic mass is 32.1. The fraction of sp³-hybridized carbons (Fsp3) is 0.190. The first-order valence-corrected chi connectivity index (χ1v) is 9.91. The summed E-state index contributed by atoms with van der Waals surface area (Å²) < 4.78 is 7.38. The molecule has 4 rings (SSSR count). The molecule has 2 N–H and O–H groups in total. The summed E-state index contributed by atoms with van der Waals surface area (Å²) in [5, 5.41) is 10.2. The quantitative estimate of drug-likeness (QED) is 0.510. The summed E-state index contributed by atoms with van der Waals surface area (Å²) >= 11 is 1.65. The van der Waals surface area contributed by atoms with Crippen molar-refractivity contribution in [2.75, 3.05) is 7.11 Å². The Kier molecular flexibility index (Phi) is 5.18. The first-order chi connectivity index (χ1) is 14.1. The van der Waals surface area contributed by atoms with Gasteiger partial charge in [0.05, 0.1) is 17.7 Å². The topological polar surface area (TPSA) is 84.8 Å². The van der Waals surface area contributed by atoms with Crippen LogP contribution in [0.15, 0.2) is 54.9 Å². The highest BCUT2D eigenvalue weighted by Gasteiger charge is 2.25. The lowest BCUT2D eigenvalue weighted by Gasteiger charge is -2.20. The molecule has 7 nitrogen and oxygen atoms in total. The normalized spacial score (nSPS) is 12.0. The molecule has 0 radical (unpaired) electrons. The molecule has 148 valence electrons. The number of aromatic nitrogens is 4. The summed E-state index contributed by atoms with van der Waals surface area (Å²) in [5.41, 5.74) is 1.96. The van der Waals surface area contributed by atoms with Gasteiger partial charge in [-0.05, 0) is 31.2 Å². The summed E-state index contributed by atoms with van der Waals surface area (Å²) in [6.45, 7) is 2.04. The minimum absolute atomic E-state index is 0.292. The van der Waals surface area contributed by atoms with Crippen LogP contribution in [0, 0.1) is 6.92 Å². The molecule has 4 aromatic rings. The van der Waals surface area contributed by atoms with E-state index in [9.17, 15) is 4.79 Å². The molecular formula is C21H21N5O2S. The second-order valence-electron chi connectivity index (χ2n) is 6.62. The number of hydrogen-bond donors (Lipinski definition) is 2. The summed E-state index contributed by atoms with van der Waals surface area (Å²) in [7, 11) is 3.50. The van der Waals surface area contributed by atoms with Crippen LogP contribution in [0.3, 0.4) is 0 Å². The molecule has 1 unspecified atom stereocenters. The van der Waals surface area contributed by atoms with E-state index in [1.54, 1.807) is 30.7 Å². The van der Waals surface area contributed by atoms with Crippen LogP contribution in [0.4, 0.5) is 0 Å². The number of nitrogens with zero attached hydrogens (tertiary/aromatic N) is 3. The molecule has 0 spiro atoms. The van der Waals surface area contributed by atoms with Crippen molar-refractivity contribution in [1.29, 1.82) is 0 Å². The molecule has 1 amide bonds. The number of amides is 1. The average molecular weight is 407 g/mol. The Balaban J connectivity index is 1.65. The van der Waals surface area contributed by atoms with E-state index in [-0.39, 0.29) is 5.91 Å². The number of ether oxygens (including phenoxy) is 1. The van der Waals surface area contributed by atoms with Gasteiger partial charge in [-0.1, -0.05) is 18.2 Å². The molecule has 3 aromatic heterocycles. The van der Waals surface area contributed by atoms with Gasteiger partial charge in [0, 0.05) is 29.9 Å². The molecule has 8 heteroatoms. The van der Waals surface area contributed by atoms with Crippen molar-refractivity contribution in [1.82, 2.24) is 25.1 Å². The van der Waals surface area contributed by atoms with Crippen molar-refractivity contribution in [2.45, 2.75) is 13.0 Å². The van der Waals surface area contributed by atoms with Gasteiger partial charge in [-0.25, -0.2) is 4.98 Å².